The Morgan fingerprint density at radius 3 is 2.57 bits per heavy atom. The van der Waals surface area contributed by atoms with Crippen LogP contribution in [0.25, 0.3) is 12.2 Å². The molecule has 21 heavy (non-hydrogen) atoms. The molecule has 1 heterocycles. The highest BCUT2D eigenvalue weighted by atomic mass is 16.6. The van der Waals surface area contributed by atoms with E-state index in [0.717, 1.165) is 5.56 Å². The van der Waals surface area contributed by atoms with E-state index < -0.39 is 4.92 Å². The Morgan fingerprint density at radius 1 is 1.24 bits per heavy atom. The molecule has 0 amide bonds. The van der Waals surface area contributed by atoms with Crippen LogP contribution in [0.3, 0.4) is 0 Å². The first-order valence-electron chi connectivity index (χ1n) is 6.07. The molecule has 0 bridgehead atoms. The molecule has 0 radical (unpaired) electrons. The summed E-state index contributed by atoms with van der Waals surface area (Å²) in [5, 5.41) is 14.5. The number of methoxy groups -OCH3 is 2. The number of aromatic nitrogens is 1. The van der Waals surface area contributed by atoms with Crippen LogP contribution in [0.5, 0.6) is 11.5 Å². The molecular formula is C14H14N2O5. The van der Waals surface area contributed by atoms with Gasteiger partial charge in [0.1, 0.15) is 0 Å². The second-order valence-corrected chi connectivity index (χ2v) is 4.19. The van der Waals surface area contributed by atoms with Crippen molar-refractivity contribution in [1.29, 1.82) is 0 Å². The second-order valence-electron chi connectivity index (χ2n) is 4.19. The average Bonchev–Trinajstić information content (AvgIpc) is 2.85. The fourth-order valence-corrected chi connectivity index (χ4v) is 1.84. The normalized spacial score (nSPS) is 10.8. The van der Waals surface area contributed by atoms with E-state index in [1.165, 1.54) is 20.1 Å². The van der Waals surface area contributed by atoms with E-state index in [2.05, 4.69) is 5.16 Å². The third kappa shape index (κ3) is 3.02. The molecule has 0 aliphatic heterocycles. The van der Waals surface area contributed by atoms with Gasteiger partial charge in [-0.1, -0.05) is 17.3 Å². The zero-order chi connectivity index (χ0) is 15.4. The molecule has 7 heteroatoms. The molecule has 1 aromatic heterocycles. The van der Waals surface area contributed by atoms with Crippen molar-refractivity contribution >= 4 is 17.8 Å². The molecule has 0 fully saturated rings. The fourth-order valence-electron chi connectivity index (χ4n) is 1.84. The highest BCUT2D eigenvalue weighted by Gasteiger charge is 2.21. The Labute approximate surface area is 120 Å². The van der Waals surface area contributed by atoms with Gasteiger partial charge in [-0.25, -0.2) is 0 Å². The minimum absolute atomic E-state index is 0.104. The zero-order valence-electron chi connectivity index (χ0n) is 11.8. The van der Waals surface area contributed by atoms with E-state index in [1.807, 2.05) is 0 Å². The third-order valence-electron chi connectivity index (χ3n) is 2.87. The van der Waals surface area contributed by atoms with Crippen LogP contribution in [0.15, 0.2) is 22.7 Å². The van der Waals surface area contributed by atoms with Gasteiger partial charge in [-0.15, -0.1) is 0 Å². The predicted molar refractivity (Wildman–Crippen MR) is 76.4 cm³/mol. The number of hydrogen-bond acceptors (Lipinski definition) is 6. The van der Waals surface area contributed by atoms with Gasteiger partial charge in [0.2, 0.25) is 5.76 Å². The predicted octanol–water partition coefficient (Wildman–Crippen LogP) is 3.08. The molecule has 2 rings (SSSR count). The first kappa shape index (κ1) is 14.6. The van der Waals surface area contributed by atoms with Crippen LogP contribution in [0.1, 0.15) is 17.0 Å². The standard InChI is InChI=1S/C14H14N2O5/c1-9-14(16(17)18)12(21-15-9)7-5-10-4-6-11(19-2)13(8-10)20-3/h4-8H,1-3H3/b7-5-. The lowest BCUT2D eigenvalue weighted by Gasteiger charge is -2.07. The fraction of sp³-hybridized carbons (Fsp3) is 0.214. The summed E-state index contributed by atoms with van der Waals surface area (Å²) in [6.07, 6.45) is 3.17. The molecule has 0 unspecified atom stereocenters. The lowest BCUT2D eigenvalue weighted by molar-refractivity contribution is -0.386. The van der Waals surface area contributed by atoms with Gasteiger partial charge in [0, 0.05) is 0 Å². The highest BCUT2D eigenvalue weighted by Crippen LogP contribution is 2.29. The first-order valence-corrected chi connectivity index (χ1v) is 6.07. The number of nitro groups is 1. The van der Waals surface area contributed by atoms with Crippen molar-refractivity contribution in [3.05, 3.63) is 45.3 Å². The summed E-state index contributed by atoms with van der Waals surface area (Å²) < 4.78 is 15.3. The van der Waals surface area contributed by atoms with Crippen molar-refractivity contribution in [2.45, 2.75) is 6.92 Å². The Balaban J connectivity index is 2.32. The molecule has 0 N–H and O–H groups in total. The summed E-state index contributed by atoms with van der Waals surface area (Å²) in [5.41, 5.74) is 0.898. The molecule has 0 aliphatic rings. The van der Waals surface area contributed by atoms with Crippen molar-refractivity contribution in [2.75, 3.05) is 14.2 Å². The highest BCUT2D eigenvalue weighted by molar-refractivity contribution is 5.72. The Bertz CT molecular complexity index is 691. The zero-order valence-corrected chi connectivity index (χ0v) is 11.8. The number of aryl methyl sites for hydroxylation is 1. The Kier molecular flexibility index (Phi) is 4.22. The van der Waals surface area contributed by atoms with Crippen LogP contribution in [0.2, 0.25) is 0 Å². The Morgan fingerprint density at radius 2 is 1.95 bits per heavy atom. The van der Waals surface area contributed by atoms with Crippen molar-refractivity contribution in [3.63, 3.8) is 0 Å². The molecular weight excluding hydrogens is 276 g/mol. The smallest absolute Gasteiger partial charge is 0.338 e. The maximum atomic E-state index is 10.9. The van der Waals surface area contributed by atoms with Gasteiger partial charge in [0.15, 0.2) is 17.2 Å². The van der Waals surface area contributed by atoms with E-state index in [1.54, 1.807) is 31.4 Å². The summed E-state index contributed by atoms with van der Waals surface area (Å²) in [7, 11) is 3.09. The largest absolute Gasteiger partial charge is 0.493 e. The number of rotatable bonds is 5. The van der Waals surface area contributed by atoms with Gasteiger partial charge in [0.25, 0.3) is 0 Å². The van der Waals surface area contributed by atoms with Crippen LogP contribution in [0.4, 0.5) is 5.69 Å². The van der Waals surface area contributed by atoms with E-state index in [9.17, 15) is 10.1 Å². The SMILES string of the molecule is COc1ccc(/C=C\c2onc(C)c2[N+](=O)[O-])cc1OC. The number of hydrogen-bond donors (Lipinski definition) is 0. The topological polar surface area (TPSA) is 87.6 Å². The molecule has 0 spiro atoms. The van der Waals surface area contributed by atoms with E-state index in [0.29, 0.717) is 11.5 Å². The van der Waals surface area contributed by atoms with Crippen LogP contribution < -0.4 is 9.47 Å². The summed E-state index contributed by atoms with van der Waals surface area (Å²) in [6, 6.07) is 5.30. The van der Waals surface area contributed by atoms with Crippen molar-refractivity contribution in [2.24, 2.45) is 0 Å². The van der Waals surface area contributed by atoms with E-state index in [4.69, 9.17) is 14.0 Å². The first-order chi connectivity index (χ1) is 10.1. The van der Waals surface area contributed by atoms with E-state index >= 15 is 0 Å². The van der Waals surface area contributed by atoms with E-state index in [-0.39, 0.29) is 17.1 Å². The molecule has 2 aromatic rings. The molecule has 110 valence electrons. The lowest BCUT2D eigenvalue weighted by atomic mass is 10.1. The minimum Gasteiger partial charge on any atom is -0.493 e. The number of ether oxygens (including phenoxy) is 2. The molecule has 0 saturated carbocycles. The Hall–Kier alpha value is -2.83. The summed E-state index contributed by atoms with van der Waals surface area (Å²) in [5.74, 6) is 1.28. The number of benzene rings is 1. The van der Waals surface area contributed by atoms with Crippen LogP contribution in [0, 0.1) is 17.0 Å². The summed E-state index contributed by atoms with van der Waals surface area (Å²) in [6.45, 7) is 1.52. The van der Waals surface area contributed by atoms with Crippen molar-refractivity contribution in [3.8, 4) is 11.5 Å². The van der Waals surface area contributed by atoms with Gasteiger partial charge in [-0.3, -0.25) is 10.1 Å². The third-order valence-corrected chi connectivity index (χ3v) is 2.87. The lowest BCUT2D eigenvalue weighted by Crippen LogP contribution is -1.91. The second kappa shape index (κ2) is 6.08. The molecule has 1 aromatic carbocycles. The monoisotopic (exact) mass is 290 g/mol. The van der Waals surface area contributed by atoms with Crippen LogP contribution in [-0.4, -0.2) is 24.3 Å². The summed E-state index contributed by atoms with van der Waals surface area (Å²) in [4.78, 5) is 10.4. The molecule has 7 nitrogen and oxygen atoms in total. The van der Waals surface area contributed by atoms with Crippen LogP contribution >= 0.6 is 0 Å². The van der Waals surface area contributed by atoms with Gasteiger partial charge in [-0.05, 0) is 30.7 Å². The average molecular weight is 290 g/mol. The quantitative estimate of drug-likeness (QED) is 0.621. The molecule has 0 saturated heterocycles. The molecule has 0 aliphatic carbocycles. The van der Waals surface area contributed by atoms with Gasteiger partial charge < -0.3 is 14.0 Å². The van der Waals surface area contributed by atoms with Crippen molar-refractivity contribution < 1.29 is 18.9 Å². The number of nitrogens with zero attached hydrogens (tertiary/aromatic N) is 2. The maximum Gasteiger partial charge on any atom is 0.338 e. The van der Waals surface area contributed by atoms with Gasteiger partial charge in [-0.2, -0.15) is 0 Å². The van der Waals surface area contributed by atoms with Gasteiger partial charge >= 0.3 is 5.69 Å². The van der Waals surface area contributed by atoms with Gasteiger partial charge in [0.05, 0.1) is 19.1 Å². The minimum atomic E-state index is -0.514. The van der Waals surface area contributed by atoms with Crippen molar-refractivity contribution in [1.82, 2.24) is 5.16 Å². The maximum absolute atomic E-state index is 10.9. The van der Waals surface area contributed by atoms with Crippen LogP contribution in [-0.2, 0) is 0 Å². The summed E-state index contributed by atoms with van der Waals surface area (Å²) >= 11 is 0. The molecule has 0 atom stereocenters.